The monoisotopic (exact) mass is 431 g/mol. The second-order valence-corrected chi connectivity index (χ2v) is 7.45. The first kappa shape index (κ1) is 21.1. The molecule has 3 rings (SSSR count). The first-order chi connectivity index (χ1) is 13.9. The van der Waals surface area contributed by atoms with Crippen molar-refractivity contribution in [2.75, 3.05) is 12.4 Å². The molecule has 0 aliphatic rings. The fraction of sp³-hybridized carbons (Fsp3) is 0.286. The number of methoxy groups -OCH3 is 1. The maximum atomic E-state index is 12.8. The fourth-order valence-corrected chi connectivity index (χ4v) is 3.61. The Morgan fingerprint density at radius 3 is 2.72 bits per heavy atom. The van der Waals surface area contributed by atoms with Crippen LogP contribution in [-0.4, -0.2) is 22.6 Å². The Labute approximate surface area is 178 Å². The number of halogens is 1. The van der Waals surface area contributed by atoms with E-state index in [2.05, 4.69) is 17.2 Å². The molecule has 152 valence electrons. The van der Waals surface area contributed by atoms with Crippen LogP contribution in [0.2, 0.25) is 5.02 Å². The minimum atomic E-state index is -0.320. The van der Waals surface area contributed by atoms with Gasteiger partial charge in [-0.3, -0.25) is 14.2 Å². The van der Waals surface area contributed by atoms with Crippen LogP contribution in [0.3, 0.4) is 0 Å². The van der Waals surface area contributed by atoms with Crippen LogP contribution < -0.4 is 15.6 Å². The number of nitrogens with one attached hydrogen (secondary N) is 2. The van der Waals surface area contributed by atoms with Crippen molar-refractivity contribution >= 4 is 46.3 Å². The molecule has 0 radical (unpaired) electrons. The van der Waals surface area contributed by atoms with Gasteiger partial charge in [-0.1, -0.05) is 31.4 Å². The van der Waals surface area contributed by atoms with Crippen molar-refractivity contribution in [3.8, 4) is 5.75 Å². The number of hydrogen-bond donors (Lipinski definition) is 2. The number of carbonyl (C=O) groups is 1. The van der Waals surface area contributed by atoms with Gasteiger partial charge < -0.3 is 15.0 Å². The molecule has 0 bridgehead atoms. The summed E-state index contributed by atoms with van der Waals surface area (Å²) in [6, 6.07) is 9.89. The van der Waals surface area contributed by atoms with E-state index >= 15 is 0 Å². The molecule has 6 nitrogen and oxygen atoms in total. The van der Waals surface area contributed by atoms with E-state index in [4.69, 9.17) is 28.6 Å². The highest BCUT2D eigenvalue weighted by atomic mass is 35.5. The lowest BCUT2D eigenvalue weighted by molar-refractivity contribution is 0.102. The molecule has 0 aliphatic heterocycles. The Kier molecular flexibility index (Phi) is 6.71. The number of nitrogens with zero attached hydrogens (tertiary/aromatic N) is 1. The lowest BCUT2D eigenvalue weighted by atomic mass is 10.1. The van der Waals surface area contributed by atoms with Gasteiger partial charge in [-0.25, -0.2) is 0 Å². The summed E-state index contributed by atoms with van der Waals surface area (Å²) in [5.41, 5.74) is 1.33. The molecule has 1 heterocycles. The van der Waals surface area contributed by atoms with Crippen LogP contribution >= 0.6 is 23.8 Å². The number of anilines is 1. The number of rotatable bonds is 7. The molecule has 0 spiro atoms. The molecule has 0 unspecified atom stereocenters. The normalized spacial score (nSPS) is 10.9. The van der Waals surface area contributed by atoms with E-state index in [0.29, 0.717) is 44.2 Å². The quantitative estimate of drug-likeness (QED) is 0.400. The fourth-order valence-electron chi connectivity index (χ4n) is 3.07. The summed E-state index contributed by atoms with van der Waals surface area (Å²) in [6.07, 6.45) is 2.99. The number of unbranched alkanes of at least 4 members (excludes halogenated alkanes) is 2. The van der Waals surface area contributed by atoms with Crippen LogP contribution in [0.25, 0.3) is 10.9 Å². The number of ether oxygens (including phenoxy) is 1. The lowest BCUT2D eigenvalue weighted by Gasteiger charge is -2.10. The Hall–Kier alpha value is -2.64. The zero-order valence-electron chi connectivity index (χ0n) is 16.3. The first-order valence-corrected chi connectivity index (χ1v) is 10.1. The standard InChI is InChI=1S/C21H22ClN3O3S/c1-3-4-5-10-25-20(27)15-8-6-13(11-17(15)24-21(25)29)19(26)23-14-7-9-18(28-2)16(22)12-14/h6-9,11-12H,3-5,10H2,1-2H3,(H,23,26)(H,24,29). The van der Waals surface area contributed by atoms with Crippen molar-refractivity contribution in [1.29, 1.82) is 0 Å². The molecule has 8 heteroatoms. The lowest BCUT2D eigenvalue weighted by Crippen LogP contribution is -2.22. The van der Waals surface area contributed by atoms with Crippen molar-refractivity contribution in [2.45, 2.75) is 32.7 Å². The van der Waals surface area contributed by atoms with Gasteiger partial charge in [0.25, 0.3) is 11.5 Å². The first-order valence-electron chi connectivity index (χ1n) is 9.36. The molecular weight excluding hydrogens is 410 g/mol. The third kappa shape index (κ3) is 4.68. The molecule has 0 saturated heterocycles. The highest BCUT2D eigenvalue weighted by Gasteiger charge is 2.12. The van der Waals surface area contributed by atoms with Crippen LogP contribution in [0, 0.1) is 4.77 Å². The summed E-state index contributed by atoms with van der Waals surface area (Å²) < 4.78 is 7.05. The summed E-state index contributed by atoms with van der Waals surface area (Å²) in [5.74, 6) is 0.206. The van der Waals surface area contributed by atoms with Gasteiger partial charge in [-0.15, -0.1) is 0 Å². The van der Waals surface area contributed by atoms with Crippen LogP contribution in [-0.2, 0) is 6.54 Å². The van der Waals surface area contributed by atoms with E-state index in [1.807, 2.05) is 0 Å². The molecule has 2 aromatic carbocycles. The van der Waals surface area contributed by atoms with Crippen molar-refractivity contribution in [1.82, 2.24) is 9.55 Å². The smallest absolute Gasteiger partial charge is 0.262 e. The topological polar surface area (TPSA) is 76.1 Å². The number of fused-ring (bicyclic) bond motifs is 1. The zero-order valence-corrected chi connectivity index (χ0v) is 17.8. The van der Waals surface area contributed by atoms with Gasteiger partial charge in [-0.2, -0.15) is 0 Å². The number of carbonyl (C=O) groups excluding carboxylic acids is 1. The summed E-state index contributed by atoms with van der Waals surface area (Å²) >= 11 is 11.5. The van der Waals surface area contributed by atoms with E-state index in [1.54, 1.807) is 41.0 Å². The number of aromatic nitrogens is 2. The third-order valence-corrected chi connectivity index (χ3v) is 5.26. The number of benzene rings is 2. The minimum absolute atomic E-state index is 0.145. The maximum Gasteiger partial charge on any atom is 0.262 e. The van der Waals surface area contributed by atoms with E-state index in [-0.39, 0.29) is 11.5 Å². The molecule has 2 N–H and O–H groups in total. The maximum absolute atomic E-state index is 12.8. The summed E-state index contributed by atoms with van der Waals surface area (Å²) in [5, 5.41) is 3.69. The third-order valence-electron chi connectivity index (χ3n) is 4.64. The molecule has 29 heavy (non-hydrogen) atoms. The molecule has 0 saturated carbocycles. The van der Waals surface area contributed by atoms with Gasteiger partial charge in [0, 0.05) is 17.8 Å². The summed E-state index contributed by atoms with van der Waals surface area (Å²) in [7, 11) is 1.52. The van der Waals surface area contributed by atoms with Crippen molar-refractivity contribution in [3.63, 3.8) is 0 Å². The number of hydrogen-bond acceptors (Lipinski definition) is 4. The van der Waals surface area contributed by atoms with Gasteiger partial charge in [0.2, 0.25) is 0 Å². The molecule has 1 amide bonds. The number of amides is 1. The van der Waals surface area contributed by atoms with Crippen molar-refractivity contribution < 1.29 is 9.53 Å². The Balaban J connectivity index is 1.88. The summed E-state index contributed by atoms with van der Waals surface area (Å²) in [4.78, 5) is 28.5. The van der Waals surface area contributed by atoms with Crippen LogP contribution in [0.5, 0.6) is 5.75 Å². The van der Waals surface area contributed by atoms with Gasteiger partial charge >= 0.3 is 0 Å². The molecule has 3 aromatic rings. The van der Waals surface area contributed by atoms with Crippen molar-refractivity contribution in [3.05, 3.63) is 62.1 Å². The van der Waals surface area contributed by atoms with Crippen LogP contribution in [0.1, 0.15) is 36.5 Å². The van der Waals surface area contributed by atoms with Crippen LogP contribution in [0.4, 0.5) is 5.69 Å². The Bertz CT molecular complexity index is 1170. The molecule has 0 atom stereocenters. The van der Waals surface area contributed by atoms with Gasteiger partial charge in [-0.05, 0) is 55.0 Å². The second kappa shape index (κ2) is 9.24. The van der Waals surface area contributed by atoms with E-state index < -0.39 is 0 Å². The Morgan fingerprint density at radius 2 is 2.03 bits per heavy atom. The van der Waals surface area contributed by atoms with Crippen molar-refractivity contribution in [2.24, 2.45) is 0 Å². The van der Waals surface area contributed by atoms with E-state index in [9.17, 15) is 9.59 Å². The largest absolute Gasteiger partial charge is 0.495 e. The average Bonchev–Trinajstić information content (AvgIpc) is 2.70. The molecule has 1 aromatic heterocycles. The minimum Gasteiger partial charge on any atom is -0.495 e. The highest BCUT2D eigenvalue weighted by Crippen LogP contribution is 2.27. The zero-order chi connectivity index (χ0) is 21.0. The second-order valence-electron chi connectivity index (χ2n) is 6.66. The van der Waals surface area contributed by atoms with E-state index in [0.717, 1.165) is 19.3 Å². The van der Waals surface area contributed by atoms with Gasteiger partial charge in [0.05, 0.1) is 23.0 Å². The highest BCUT2D eigenvalue weighted by molar-refractivity contribution is 7.71. The number of H-pyrrole nitrogens is 1. The molecule has 0 fully saturated rings. The van der Waals surface area contributed by atoms with E-state index in [1.165, 1.54) is 7.11 Å². The summed E-state index contributed by atoms with van der Waals surface area (Å²) in [6.45, 7) is 2.69. The van der Waals surface area contributed by atoms with Gasteiger partial charge in [0.1, 0.15) is 5.75 Å². The SMILES string of the molecule is CCCCCn1c(=S)[nH]c2cc(C(=O)Nc3ccc(OC)c(Cl)c3)ccc2c1=O. The van der Waals surface area contributed by atoms with Crippen LogP contribution in [0.15, 0.2) is 41.2 Å². The Morgan fingerprint density at radius 1 is 1.24 bits per heavy atom. The molecular formula is C21H22ClN3O3S. The average molecular weight is 432 g/mol. The number of aromatic amines is 1. The predicted octanol–water partition coefficient (Wildman–Crippen LogP) is 5.16. The van der Waals surface area contributed by atoms with Gasteiger partial charge in [0.15, 0.2) is 4.77 Å². The predicted molar refractivity (Wildman–Crippen MR) is 119 cm³/mol. The molecule has 0 aliphatic carbocycles.